The van der Waals surface area contributed by atoms with Crippen LogP contribution in [0.15, 0.2) is 18.2 Å². The van der Waals surface area contributed by atoms with Crippen LogP contribution < -0.4 is 10.6 Å². The minimum atomic E-state index is -4.54. The average molecular weight is 421 g/mol. The minimum absolute atomic E-state index is 0.0133. The number of amides is 1. The Bertz CT molecular complexity index is 984. The van der Waals surface area contributed by atoms with E-state index in [9.17, 15) is 18.0 Å². The number of fused-ring (bicyclic) bond motifs is 1. The highest BCUT2D eigenvalue weighted by Gasteiger charge is 2.36. The summed E-state index contributed by atoms with van der Waals surface area (Å²) in [4.78, 5) is 16.8. The van der Waals surface area contributed by atoms with Crippen molar-refractivity contribution in [1.29, 1.82) is 0 Å². The number of halogens is 3. The van der Waals surface area contributed by atoms with E-state index in [-0.39, 0.29) is 28.7 Å². The van der Waals surface area contributed by atoms with E-state index in [4.69, 9.17) is 4.74 Å². The van der Waals surface area contributed by atoms with Crippen molar-refractivity contribution in [2.45, 2.75) is 57.3 Å². The van der Waals surface area contributed by atoms with Gasteiger partial charge in [0, 0.05) is 23.5 Å². The third-order valence-electron chi connectivity index (χ3n) is 5.62. The van der Waals surface area contributed by atoms with Crippen LogP contribution >= 0.6 is 0 Å². The summed E-state index contributed by atoms with van der Waals surface area (Å²) in [6.45, 7) is 7.06. The molecule has 1 unspecified atom stereocenters. The van der Waals surface area contributed by atoms with Crippen LogP contribution in [0, 0.1) is 6.92 Å². The molecule has 0 bridgehead atoms. The van der Waals surface area contributed by atoms with E-state index in [1.807, 2.05) is 13.8 Å². The second-order valence-electron chi connectivity index (χ2n) is 9.01. The highest BCUT2D eigenvalue weighted by molar-refractivity contribution is 5.97. The predicted octanol–water partition coefficient (Wildman–Crippen LogP) is 3.94. The summed E-state index contributed by atoms with van der Waals surface area (Å²) in [6.07, 6.45) is -2.72. The predicted molar refractivity (Wildman–Crippen MR) is 108 cm³/mol. The number of rotatable bonds is 4. The molecule has 1 amide bonds. The molecule has 1 aromatic heterocycles. The molecule has 2 aliphatic rings. The van der Waals surface area contributed by atoms with Crippen LogP contribution in [-0.2, 0) is 10.9 Å². The number of hydrogen-bond acceptors (Lipinski definition) is 4. The van der Waals surface area contributed by atoms with Gasteiger partial charge in [-0.1, -0.05) is 0 Å². The number of hydrogen-bond donors (Lipinski definition) is 2. The smallest absolute Gasteiger partial charge is 0.378 e. The molecule has 162 valence electrons. The maximum atomic E-state index is 13.7. The lowest BCUT2D eigenvalue weighted by molar-refractivity contribution is -0.136. The monoisotopic (exact) mass is 421 g/mol. The lowest BCUT2D eigenvalue weighted by Gasteiger charge is -2.37. The summed E-state index contributed by atoms with van der Waals surface area (Å²) >= 11 is 0. The van der Waals surface area contributed by atoms with Crippen molar-refractivity contribution >= 4 is 16.8 Å². The van der Waals surface area contributed by atoms with Gasteiger partial charge in [0.05, 0.1) is 24.3 Å². The highest BCUT2D eigenvalue weighted by atomic mass is 19.4. The average Bonchev–Trinajstić information content (AvgIpc) is 3.49. The second-order valence-corrected chi connectivity index (χ2v) is 9.01. The molecule has 4 rings (SSSR count). The molecule has 1 saturated carbocycles. The molecule has 8 heteroatoms. The topological polar surface area (TPSA) is 63.2 Å². The van der Waals surface area contributed by atoms with E-state index in [0.29, 0.717) is 36.3 Å². The van der Waals surface area contributed by atoms with E-state index < -0.39 is 17.6 Å². The Kier molecular flexibility index (Phi) is 5.26. The normalized spacial score (nSPS) is 21.6. The van der Waals surface area contributed by atoms with Crippen molar-refractivity contribution in [2.24, 2.45) is 0 Å². The summed E-state index contributed by atoms with van der Waals surface area (Å²) in [5.41, 5.74) is 0.148. The highest BCUT2D eigenvalue weighted by Crippen LogP contribution is 2.44. The number of pyridine rings is 1. The minimum Gasteiger partial charge on any atom is -0.378 e. The van der Waals surface area contributed by atoms with Gasteiger partial charge in [0.1, 0.15) is 5.69 Å². The molecule has 1 saturated heterocycles. The van der Waals surface area contributed by atoms with E-state index in [1.54, 1.807) is 19.1 Å². The summed E-state index contributed by atoms with van der Waals surface area (Å²) < 4.78 is 46.8. The van der Waals surface area contributed by atoms with Gasteiger partial charge in [0.2, 0.25) is 0 Å². The number of nitrogens with zero attached hydrogens (tertiary/aromatic N) is 1. The molecule has 0 spiro atoms. The van der Waals surface area contributed by atoms with Gasteiger partial charge in [-0.05, 0) is 68.9 Å². The van der Waals surface area contributed by atoms with Crippen LogP contribution in [0.3, 0.4) is 0 Å². The first-order valence-corrected chi connectivity index (χ1v) is 10.2. The summed E-state index contributed by atoms with van der Waals surface area (Å²) in [7, 11) is 0. The van der Waals surface area contributed by atoms with Crippen LogP contribution in [-0.4, -0.2) is 42.2 Å². The van der Waals surface area contributed by atoms with Gasteiger partial charge in [-0.25, -0.2) is 4.98 Å². The summed E-state index contributed by atoms with van der Waals surface area (Å²) in [5.74, 6) is -0.308. The molecular weight excluding hydrogens is 395 g/mol. The van der Waals surface area contributed by atoms with E-state index >= 15 is 0 Å². The molecular formula is C22H26F3N3O2. The number of carbonyl (C=O) groups excluding carboxylic acids is 1. The fraction of sp³-hybridized carbons (Fsp3) is 0.545. The van der Waals surface area contributed by atoms with Crippen LogP contribution in [0.5, 0.6) is 0 Å². The Morgan fingerprint density at radius 1 is 1.30 bits per heavy atom. The summed E-state index contributed by atoms with van der Waals surface area (Å²) in [6, 6.07) is 4.46. The first kappa shape index (κ1) is 21.1. The Morgan fingerprint density at radius 2 is 2.03 bits per heavy atom. The standard InChI is InChI=1S/C22H26F3N3O2/c1-12-6-18(20(29)26-9-15-10-30-11-21(2,3)28-15)27-19-16(12)7-14(13-4-5-13)8-17(19)22(23,24)25/h6-8,13,15,28H,4-5,9-11H2,1-3H3,(H,26,29). The van der Waals surface area contributed by atoms with E-state index in [2.05, 4.69) is 15.6 Å². The largest absolute Gasteiger partial charge is 0.418 e. The Balaban J connectivity index is 1.61. The van der Waals surface area contributed by atoms with Gasteiger partial charge in [0.15, 0.2) is 0 Å². The molecule has 0 radical (unpaired) electrons. The maximum Gasteiger partial charge on any atom is 0.418 e. The molecule has 30 heavy (non-hydrogen) atoms. The SMILES string of the molecule is Cc1cc(C(=O)NCC2COCC(C)(C)N2)nc2c(C(F)(F)F)cc(C3CC3)cc12. The zero-order chi connectivity index (χ0) is 21.7. The quantitative estimate of drug-likeness (QED) is 0.785. The van der Waals surface area contributed by atoms with Crippen LogP contribution in [0.25, 0.3) is 10.9 Å². The molecule has 1 atom stereocenters. The number of carbonyl (C=O) groups is 1. The third-order valence-corrected chi connectivity index (χ3v) is 5.62. The number of aromatic nitrogens is 1. The number of morpholine rings is 1. The van der Waals surface area contributed by atoms with Gasteiger partial charge >= 0.3 is 6.18 Å². The van der Waals surface area contributed by atoms with Gasteiger partial charge in [-0.3, -0.25) is 4.79 Å². The number of ether oxygens (including phenoxy) is 1. The van der Waals surface area contributed by atoms with Gasteiger partial charge in [-0.2, -0.15) is 13.2 Å². The molecule has 1 aromatic carbocycles. The third kappa shape index (κ3) is 4.44. The van der Waals surface area contributed by atoms with Crippen molar-refractivity contribution < 1.29 is 22.7 Å². The van der Waals surface area contributed by atoms with Crippen molar-refractivity contribution in [3.05, 3.63) is 40.6 Å². The van der Waals surface area contributed by atoms with Gasteiger partial charge in [0.25, 0.3) is 5.91 Å². The molecule has 2 fully saturated rings. The fourth-order valence-corrected chi connectivity index (χ4v) is 4.01. The molecule has 2 N–H and O–H groups in total. The number of alkyl halides is 3. The van der Waals surface area contributed by atoms with Crippen molar-refractivity contribution in [1.82, 2.24) is 15.6 Å². The van der Waals surface area contributed by atoms with Crippen molar-refractivity contribution in [3.63, 3.8) is 0 Å². The van der Waals surface area contributed by atoms with Crippen molar-refractivity contribution in [3.8, 4) is 0 Å². The second kappa shape index (κ2) is 7.50. The van der Waals surface area contributed by atoms with Crippen LogP contribution in [0.1, 0.15) is 59.8 Å². The van der Waals surface area contributed by atoms with Crippen LogP contribution in [0.2, 0.25) is 0 Å². The van der Waals surface area contributed by atoms with Crippen molar-refractivity contribution in [2.75, 3.05) is 19.8 Å². The zero-order valence-corrected chi connectivity index (χ0v) is 17.3. The number of benzene rings is 1. The molecule has 5 nitrogen and oxygen atoms in total. The first-order valence-electron chi connectivity index (χ1n) is 10.2. The maximum absolute atomic E-state index is 13.7. The number of nitrogens with one attached hydrogen (secondary N) is 2. The van der Waals surface area contributed by atoms with Gasteiger partial charge < -0.3 is 15.4 Å². The fourth-order valence-electron chi connectivity index (χ4n) is 4.01. The first-order chi connectivity index (χ1) is 14.0. The lowest BCUT2D eigenvalue weighted by Crippen LogP contribution is -2.58. The molecule has 1 aliphatic carbocycles. The Hall–Kier alpha value is -2.19. The number of aryl methyl sites for hydroxylation is 1. The molecule has 1 aliphatic heterocycles. The Morgan fingerprint density at radius 3 is 2.67 bits per heavy atom. The lowest BCUT2D eigenvalue weighted by atomic mass is 9.98. The zero-order valence-electron chi connectivity index (χ0n) is 17.3. The molecule has 2 aromatic rings. The Labute approximate surface area is 173 Å². The van der Waals surface area contributed by atoms with E-state index in [0.717, 1.165) is 12.8 Å². The molecule has 2 heterocycles. The van der Waals surface area contributed by atoms with Crippen LogP contribution in [0.4, 0.5) is 13.2 Å². The van der Waals surface area contributed by atoms with E-state index in [1.165, 1.54) is 6.07 Å². The summed E-state index contributed by atoms with van der Waals surface area (Å²) in [5, 5.41) is 6.61. The van der Waals surface area contributed by atoms with Gasteiger partial charge in [-0.15, -0.1) is 0 Å².